The normalized spacial score (nSPS) is 16.6. The van der Waals surface area contributed by atoms with E-state index >= 15 is 0 Å². The van der Waals surface area contributed by atoms with Crippen LogP contribution in [-0.4, -0.2) is 55.5 Å². The molecule has 94 valence electrons. The summed E-state index contributed by atoms with van der Waals surface area (Å²) in [5.74, 6) is 0.257. The minimum atomic E-state index is 0.257. The molecular formula is C12H25N3O. The molecule has 0 unspecified atom stereocenters. The Morgan fingerprint density at radius 2 is 2.00 bits per heavy atom. The van der Waals surface area contributed by atoms with Crippen molar-refractivity contribution in [2.75, 3.05) is 39.8 Å². The Kier molecular flexibility index (Phi) is 6.42. The standard InChI is InChI=1S/C12H25N3O/c1-14(12(16)6-2-3-7-13)10-11-15-8-4-5-9-15/h2-11,13H2,1H3. The monoisotopic (exact) mass is 227 g/mol. The third-order valence-electron chi connectivity index (χ3n) is 3.22. The largest absolute Gasteiger partial charge is 0.344 e. The maximum Gasteiger partial charge on any atom is 0.222 e. The van der Waals surface area contributed by atoms with E-state index in [1.54, 1.807) is 0 Å². The predicted molar refractivity (Wildman–Crippen MR) is 66.2 cm³/mol. The van der Waals surface area contributed by atoms with Gasteiger partial charge < -0.3 is 15.5 Å². The molecule has 0 aliphatic carbocycles. The molecule has 0 aromatic heterocycles. The number of unbranched alkanes of at least 4 members (excludes halogenated alkanes) is 1. The van der Waals surface area contributed by atoms with Crippen LogP contribution in [0.25, 0.3) is 0 Å². The molecule has 0 radical (unpaired) electrons. The Balaban J connectivity index is 2.07. The number of hydrogen-bond donors (Lipinski definition) is 1. The zero-order valence-electron chi connectivity index (χ0n) is 10.5. The van der Waals surface area contributed by atoms with Gasteiger partial charge in [0.1, 0.15) is 0 Å². The summed E-state index contributed by atoms with van der Waals surface area (Å²) in [5.41, 5.74) is 5.40. The highest BCUT2D eigenvalue weighted by atomic mass is 16.2. The maximum atomic E-state index is 11.7. The number of likely N-dealkylation sites (N-methyl/N-ethyl adjacent to an activating group) is 1. The first-order valence-corrected chi connectivity index (χ1v) is 6.40. The van der Waals surface area contributed by atoms with Crippen molar-refractivity contribution in [1.82, 2.24) is 9.80 Å². The molecule has 1 fully saturated rings. The summed E-state index contributed by atoms with van der Waals surface area (Å²) in [5, 5.41) is 0. The van der Waals surface area contributed by atoms with E-state index in [-0.39, 0.29) is 5.91 Å². The lowest BCUT2D eigenvalue weighted by Gasteiger charge is -2.21. The first-order valence-electron chi connectivity index (χ1n) is 6.40. The molecular weight excluding hydrogens is 202 g/mol. The molecule has 2 N–H and O–H groups in total. The summed E-state index contributed by atoms with van der Waals surface area (Å²) in [4.78, 5) is 16.0. The van der Waals surface area contributed by atoms with Crippen molar-refractivity contribution >= 4 is 5.91 Å². The lowest BCUT2D eigenvalue weighted by Crippen LogP contribution is -2.35. The van der Waals surface area contributed by atoms with Gasteiger partial charge in [-0.15, -0.1) is 0 Å². The molecule has 1 amide bonds. The summed E-state index contributed by atoms with van der Waals surface area (Å²) in [6.45, 7) is 4.98. The Morgan fingerprint density at radius 1 is 1.31 bits per heavy atom. The Labute approximate surface area is 98.8 Å². The molecule has 0 saturated carbocycles. The summed E-state index contributed by atoms with van der Waals surface area (Å²) in [6.07, 6.45) is 5.14. The van der Waals surface area contributed by atoms with Crippen LogP contribution in [0.2, 0.25) is 0 Å². The fourth-order valence-electron chi connectivity index (χ4n) is 2.03. The molecule has 1 aliphatic heterocycles. The van der Waals surface area contributed by atoms with E-state index in [1.165, 1.54) is 25.9 Å². The summed E-state index contributed by atoms with van der Waals surface area (Å²) in [7, 11) is 1.90. The van der Waals surface area contributed by atoms with Crippen molar-refractivity contribution in [3.63, 3.8) is 0 Å². The summed E-state index contributed by atoms with van der Waals surface area (Å²) in [6, 6.07) is 0. The van der Waals surface area contributed by atoms with Gasteiger partial charge in [-0.25, -0.2) is 0 Å². The lowest BCUT2D eigenvalue weighted by atomic mass is 10.2. The molecule has 0 atom stereocenters. The van der Waals surface area contributed by atoms with E-state index < -0.39 is 0 Å². The summed E-state index contributed by atoms with van der Waals surface area (Å²) < 4.78 is 0. The third-order valence-corrected chi connectivity index (χ3v) is 3.22. The van der Waals surface area contributed by atoms with Crippen LogP contribution >= 0.6 is 0 Å². The molecule has 1 heterocycles. The van der Waals surface area contributed by atoms with Crippen LogP contribution in [0, 0.1) is 0 Å². The minimum Gasteiger partial charge on any atom is -0.344 e. The van der Waals surface area contributed by atoms with Crippen LogP contribution < -0.4 is 5.73 Å². The van der Waals surface area contributed by atoms with Crippen LogP contribution in [0.15, 0.2) is 0 Å². The molecule has 1 rings (SSSR count). The molecule has 0 spiro atoms. The van der Waals surface area contributed by atoms with Crippen molar-refractivity contribution in [2.24, 2.45) is 5.73 Å². The van der Waals surface area contributed by atoms with E-state index in [2.05, 4.69) is 4.90 Å². The smallest absolute Gasteiger partial charge is 0.222 e. The van der Waals surface area contributed by atoms with Crippen molar-refractivity contribution in [3.05, 3.63) is 0 Å². The van der Waals surface area contributed by atoms with Crippen molar-refractivity contribution in [1.29, 1.82) is 0 Å². The third kappa shape index (κ3) is 4.94. The molecule has 1 aliphatic rings. The summed E-state index contributed by atoms with van der Waals surface area (Å²) >= 11 is 0. The van der Waals surface area contributed by atoms with Crippen molar-refractivity contribution < 1.29 is 4.79 Å². The second-order valence-electron chi connectivity index (χ2n) is 4.61. The van der Waals surface area contributed by atoms with Crippen LogP contribution in [0.5, 0.6) is 0 Å². The Hall–Kier alpha value is -0.610. The average Bonchev–Trinajstić information content (AvgIpc) is 2.79. The highest BCUT2D eigenvalue weighted by molar-refractivity contribution is 5.75. The average molecular weight is 227 g/mol. The van der Waals surface area contributed by atoms with Crippen LogP contribution in [-0.2, 0) is 4.79 Å². The number of nitrogens with two attached hydrogens (primary N) is 1. The molecule has 0 bridgehead atoms. The van der Waals surface area contributed by atoms with Crippen molar-refractivity contribution in [3.8, 4) is 0 Å². The number of nitrogens with zero attached hydrogens (tertiary/aromatic N) is 2. The molecule has 4 nitrogen and oxygen atoms in total. The first kappa shape index (κ1) is 13.5. The molecule has 4 heteroatoms. The van der Waals surface area contributed by atoms with Gasteiger partial charge in [-0.2, -0.15) is 0 Å². The van der Waals surface area contributed by atoms with Gasteiger partial charge in [0.25, 0.3) is 0 Å². The second-order valence-corrected chi connectivity index (χ2v) is 4.61. The van der Waals surface area contributed by atoms with E-state index in [1.807, 2.05) is 11.9 Å². The fraction of sp³-hybridized carbons (Fsp3) is 0.917. The van der Waals surface area contributed by atoms with Gasteiger partial charge in [-0.3, -0.25) is 4.79 Å². The Morgan fingerprint density at radius 3 is 2.62 bits per heavy atom. The van der Waals surface area contributed by atoms with E-state index in [0.717, 1.165) is 25.9 Å². The highest BCUT2D eigenvalue weighted by Crippen LogP contribution is 2.07. The first-order chi connectivity index (χ1) is 7.74. The zero-order chi connectivity index (χ0) is 11.8. The van der Waals surface area contributed by atoms with Gasteiger partial charge in [-0.1, -0.05) is 0 Å². The molecule has 16 heavy (non-hydrogen) atoms. The number of carbonyl (C=O) groups is 1. The van der Waals surface area contributed by atoms with Crippen molar-refractivity contribution in [2.45, 2.75) is 32.1 Å². The van der Waals surface area contributed by atoms with Gasteiger partial charge >= 0.3 is 0 Å². The fourth-order valence-corrected chi connectivity index (χ4v) is 2.03. The number of likely N-dealkylation sites (tertiary alicyclic amines) is 1. The van der Waals surface area contributed by atoms with Gasteiger partial charge in [0.05, 0.1) is 0 Å². The van der Waals surface area contributed by atoms with Gasteiger partial charge in [0.15, 0.2) is 0 Å². The number of carbonyl (C=O) groups excluding carboxylic acids is 1. The minimum absolute atomic E-state index is 0.257. The van der Waals surface area contributed by atoms with Gasteiger partial charge in [0, 0.05) is 26.6 Å². The van der Waals surface area contributed by atoms with Crippen LogP contribution in [0.4, 0.5) is 0 Å². The quantitative estimate of drug-likeness (QED) is 0.650. The number of hydrogen-bond acceptors (Lipinski definition) is 3. The van der Waals surface area contributed by atoms with Gasteiger partial charge in [-0.05, 0) is 45.3 Å². The van der Waals surface area contributed by atoms with Crippen LogP contribution in [0.1, 0.15) is 32.1 Å². The van der Waals surface area contributed by atoms with E-state index in [0.29, 0.717) is 13.0 Å². The van der Waals surface area contributed by atoms with E-state index in [9.17, 15) is 4.79 Å². The molecule has 0 aromatic carbocycles. The Bertz CT molecular complexity index is 202. The molecule has 1 saturated heterocycles. The number of rotatable bonds is 7. The van der Waals surface area contributed by atoms with Gasteiger partial charge in [0.2, 0.25) is 5.91 Å². The number of amides is 1. The SMILES string of the molecule is CN(CCN1CCCC1)C(=O)CCCCN. The maximum absolute atomic E-state index is 11.7. The lowest BCUT2D eigenvalue weighted by molar-refractivity contribution is -0.130. The predicted octanol–water partition coefficient (Wildman–Crippen LogP) is 0.670. The van der Waals surface area contributed by atoms with Crippen LogP contribution in [0.3, 0.4) is 0 Å². The van der Waals surface area contributed by atoms with E-state index in [4.69, 9.17) is 5.73 Å². The topological polar surface area (TPSA) is 49.6 Å². The highest BCUT2D eigenvalue weighted by Gasteiger charge is 2.13. The second kappa shape index (κ2) is 7.63. The zero-order valence-corrected chi connectivity index (χ0v) is 10.5. The molecule has 0 aromatic rings.